The molecule has 0 saturated carbocycles. The number of carbonyl (C=O) groups is 1. The third-order valence-electron chi connectivity index (χ3n) is 2.57. The van der Waals surface area contributed by atoms with E-state index in [2.05, 4.69) is 25.2 Å². The van der Waals surface area contributed by atoms with Crippen molar-refractivity contribution in [3.8, 4) is 0 Å². The molecule has 0 aliphatic rings. The summed E-state index contributed by atoms with van der Waals surface area (Å²) in [6, 6.07) is 1.28. The molecule has 108 valence electrons. The molecule has 0 bridgehead atoms. The first kappa shape index (κ1) is 14.1. The van der Waals surface area contributed by atoms with Gasteiger partial charge in [-0.05, 0) is 13.0 Å². The minimum Gasteiger partial charge on any atom is -0.354 e. The minimum absolute atomic E-state index is 0.0407. The molecule has 10 heteroatoms. The quantitative estimate of drug-likeness (QED) is 0.709. The van der Waals surface area contributed by atoms with Crippen LogP contribution in [0.25, 0.3) is 0 Å². The van der Waals surface area contributed by atoms with Gasteiger partial charge in [-0.15, -0.1) is 5.10 Å². The highest BCUT2D eigenvalue weighted by Crippen LogP contribution is 2.16. The molecule has 0 aliphatic heterocycles. The molecule has 0 spiro atoms. The fourth-order valence-corrected chi connectivity index (χ4v) is 2.62. The zero-order chi connectivity index (χ0) is 14.9. The maximum Gasteiger partial charge on any atom is 0.267 e. The van der Waals surface area contributed by atoms with Gasteiger partial charge in [0.15, 0.2) is 0 Å². The van der Waals surface area contributed by atoms with E-state index < -0.39 is 10.0 Å². The van der Waals surface area contributed by atoms with Crippen LogP contribution in [-0.2, 0) is 17.1 Å². The van der Waals surface area contributed by atoms with Gasteiger partial charge in [-0.3, -0.25) is 9.89 Å². The van der Waals surface area contributed by atoms with Crippen LogP contribution < -0.4 is 10.0 Å². The van der Waals surface area contributed by atoms with Crippen molar-refractivity contribution in [2.24, 2.45) is 7.05 Å². The average molecular weight is 298 g/mol. The Kier molecular flexibility index (Phi) is 3.49. The first-order valence-electron chi connectivity index (χ1n) is 5.64. The average Bonchev–Trinajstić information content (AvgIpc) is 2.94. The molecule has 20 heavy (non-hydrogen) atoms. The molecule has 0 unspecified atom stereocenters. The number of rotatable bonds is 4. The van der Waals surface area contributed by atoms with Crippen molar-refractivity contribution in [1.82, 2.24) is 25.1 Å². The summed E-state index contributed by atoms with van der Waals surface area (Å²) in [5.41, 5.74) is 0.235. The van der Waals surface area contributed by atoms with Crippen molar-refractivity contribution < 1.29 is 13.2 Å². The molecule has 1 amide bonds. The van der Waals surface area contributed by atoms with Crippen LogP contribution in [0.15, 0.2) is 17.2 Å². The summed E-state index contributed by atoms with van der Waals surface area (Å²) in [6.07, 6.45) is 1.34. The highest BCUT2D eigenvalue weighted by atomic mass is 32.2. The van der Waals surface area contributed by atoms with Crippen LogP contribution in [0.5, 0.6) is 0 Å². The summed E-state index contributed by atoms with van der Waals surface area (Å²) in [6.45, 7) is 1.65. The van der Waals surface area contributed by atoms with Gasteiger partial charge in [0, 0.05) is 20.3 Å². The van der Waals surface area contributed by atoms with Crippen molar-refractivity contribution in [2.45, 2.75) is 11.8 Å². The van der Waals surface area contributed by atoms with Crippen LogP contribution >= 0.6 is 0 Å². The van der Waals surface area contributed by atoms with Crippen molar-refractivity contribution in [3.05, 3.63) is 23.8 Å². The van der Waals surface area contributed by atoms with Gasteiger partial charge < -0.3 is 9.88 Å². The number of amides is 1. The molecule has 2 aromatic rings. The first-order valence-corrected chi connectivity index (χ1v) is 7.12. The molecule has 0 fully saturated rings. The van der Waals surface area contributed by atoms with E-state index in [0.717, 1.165) is 0 Å². The molecule has 0 aliphatic carbocycles. The summed E-state index contributed by atoms with van der Waals surface area (Å²) < 4.78 is 27.9. The van der Waals surface area contributed by atoms with E-state index in [1.165, 1.54) is 23.9 Å². The number of hydrogen-bond acceptors (Lipinski definition) is 5. The third-order valence-corrected chi connectivity index (χ3v) is 3.87. The topological polar surface area (TPSA) is 122 Å². The minimum atomic E-state index is -3.84. The number of aryl methyl sites for hydroxylation is 2. The van der Waals surface area contributed by atoms with E-state index >= 15 is 0 Å². The Balaban J connectivity index is 2.32. The molecule has 2 rings (SSSR count). The zero-order valence-corrected chi connectivity index (χ0v) is 11.9. The summed E-state index contributed by atoms with van der Waals surface area (Å²) in [5, 5.41) is 8.66. The fourth-order valence-electron chi connectivity index (χ4n) is 1.60. The number of hydrogen-bond donors (Lipinski definition) is 3. The zero-order valence-electron chi connectivity index (χ0n) is 11.1. The molecule has 0 aromatic carbocycles. The monoisotopic (exact) mass is 298 g/mol. The second-order valence-corrected chi connectivity index (χ2v) is 5.78. The van der Waals surface area contributed by atoms with E-state index in [1.54, 1.807) is 14.0 Å². The van der Waals surface area contributed by atoms with Crippen molar-refractivity contribution in [2.75, 3.05) is 11.8 Å². The molecular weight excluding hydrogens is 284 g/mol. The largest absolute Gasteiger partial charge is 0.354 e. The number of carbonyl (C=O) groups excluding carboxylic acids is 1. The normalized spacial score (nSPS) is 11.3. The molecule has 9 nitrogen and oxygen atoms in total. The van der Waals surface area contributed by atoms with Crippen LogP contribution in [0.2, 0.25) is 0 Å². The van der Waals surface area contributed by atoms with E-state index in [4.69, 9.17) is 0 Å². The molecule has 0 atom stereocenters. The standard InChI is InChI=1S/C10H14N6O3S/c1-6-12-10(14-13-6)15-20(18,19)7-4-8(9(17)11-2)16(3)5-7/h4-5H,1-3H3,(H,11,17)(H2,12,13,14,15). The van der Waals surface area contributed by atoms with Gasteiger partial charge in [0.2, 0.25) is 0 Å². The van der Waals surface area contributed by atoms with Crippen LogP contribution in [0.1, 0.15) is 16.3 Å². The number of nitrogens with one attached hydrogen (secondary N) is 3. The fraction of sp³-hybridized carbons (Fsp3) is 0.300. The number of aromatic nitrogens is 4. The third kappa shape index (κ3) is 2.64. The predicted molar refractivity (Wildman–Crippen MR) is 70.7 cm³/mol. The molecule has 0 radical (unpaired) electrons. The lowest BCUT2D eigenvalue weighted by molar-refractivity contribution is 0.0955. The highest BCUT2D eigenvalue weighted by molar-refractivity contribution is 7.92. The summed E-state index contributed by atoms with van der Waals surface area (Å²) >= 11 is 0. The van der Waals surface area contributed by atoms with Crippen molar-refractivity contribution in [1.29, 1.82) is 0 Å². The SMILES string of the molecule is CNC(=O)c1cc(S(=O)(=O)Nc2n[nH]c(C)n2)cn1C. The summed E-state index contributed by atoms with van der Waals surface area (Å²) in [4.78, 5) is 15.4. The Morgan fingerprint density at radius 2 is 2.15 bits per heavy atom. The predicted octanol–water partition coefficient (Wildman–Crippen LogP) is -0.388. The second kappa shape index (κ2) is 4.96. The summed E-state index contributed by atoms with van der Waals surface area (Å²) in [5.74, 6) is 0.0670. The number of sulfonamides is 1. The van der Waals surface area contributed by atoms with Gasteiger partial charge in [-0.2, -0.15) is 4.98 Å². The molecule has 2 heterocycles. The van der Waals surface area contributed by atoms with E-state index in [1.807, 2.05) is 0 Å². The molecule has 2 aromatic heterocycles. The lowest BCUT2D eigenvalue weighted by Crippen LogP contribution is -2.20. The van der Waals surface area contributed by atoms with Gasteiger partial charge >= 0.3 is 0 Å². The molecular formula is C10H14N6O3S. The van der Waals surface area contributed by atoms with Gasteiger partial charge in [0.25, 0.3) is 21.9 Å². The second-order valence-electron chi connectivity index (χ2n) is 4.10. The smallest absolute Gasteiger partial charge is 0.267 e. The Bertz CT molecular complexity index is 745. The lowest BCUT2D eigenvalue weighted by atomic mass is 10.4. The van der Waals surface area contributed by atoms with Crippen LogP contribution in [0, 0.1) is 6.92 Å². The van der Waals surface area contributed by atoms with Crippen LogP contribution in [0.4, 0.5) is 5.95 Å². The van der Waals surface area contributed by atoms with Crippen LogP contribution in [0.3, 0.4) is 0 Å². The van der Waals surface area contributed by atoms with Gasteiger partial charge in [-0.25, -0.2) is 13.1 Å². The Morgan fingerprint density at radius 1 is 1.45 bits per heavy atom. The van der Waals surface area contributed by atoms with Gasteiger partial charge in [-0.1, -0.05) is 0 Å². The molecule has 0 saturated heterocycles. The van der Waals surface area contributed by atoms with Crippen molar-refractivity contribution >= 4 is 21.9 Å². The number of H-pyrrole nitrogens is 1. The number of aromatic amines is 1. The molecule has 3 N–H and O–H groups in total. The van der Waals surface area contributed by atoms with E-state index in [-0.39, 0.29) is 22.4 Å². The lowest BCUT2D eigenvalue weighted by Gasteiger charge is -2.00. The Morgan fingerprint density at radius 3 is 2.70 bits per heavy atom. The van der Waals surface area contributed by atoms with E-state index in [9.17, 15) is 13.2 Å². The van der Waals surface area contributed by atoms with Gasteiger partial charge in [0.05, 0.1) is 0 Å². The van der Waals surface area contributed by atoms with Gasteiger partial charge in [0.1, 0.15) is 16.4 Å². The first-order chi connectivity index (χ1) is 9.33. The maximum absolute atomic E-state index is 12.1. The Labute approximate surface area is 115 Å². The highest BCUT2D eigenvalue weighted by Gasteiger charge is 2.21. The van der Waals surface area contributed by atoms with E-state index in [0.29, 0.717) is 5.82 Å². The summed E-state index contributed by atoms with van der Waals surface area (Å²) in [7, 11) is -0.785. The number of anilines is 1. The van der Waals surface area contributed by atoms with Crippen LogP contribution in [-0.4, -0.2) is 41.1 Å². The Hall–Kier alpha value is -2.36. The van der Waals surface area contributed by atoms with Crippen molar-refractivity contribution in [3.63, 3.8) is 0 Å². The maximum atomic E-state index is 12.1. The number of nitrogens with zero attached hydrogens (tertiary/aromatic N) is 3.